The van der Waals surface area contributed by atoms with Crippen LogP contribution < -0.4 is 0 Å². The van der Waals surface area contributed by atoms with Crippen LogP contribution in [0, 0.1) is 5.92 Å². The summed E-state index contributed by atoms with van der Waals surface area (Å²) in [5, 5.41) is 0. The fourth-order valence-electron chi connectivity index (χ4n) is 3.91. The van der Waals surface area contributed by atoms with E-state index < -0.39 is 10.2 Å². The van der Waals surface area contributed by atoms with Crippen LogP contribution in [-0.4, -0.2) is 70.4 Å². The minimum atomic E-state index is -3.34. The van der Waals surface area contributed by atoms with Crippen LogP contribution in [0.15, 0.2) is 18.2 Å². The highest BCUT2D eigenvalue weighted by atomic mass is 32.2. The summed E-state index contributed by atoms with van der Waals surface area (Å²) in [5.41, 5.74) is 3.10. The summed E-state index contributed by atoms with van der Waals surface area (Å²) in [4.78, 5) is 2.44. The Hall–Kier alpha value is -1.13. The quantitative estimate of drug-likeness (QED) is 0.801. The van der Waals surface area contributed by atoms with E-state index in [1.54, 1.807) is 18.4 Å². The molecule has 3 aliphatic rings. The fraction of sp³-hybridized carbons (Fsp3) is 0.625. The first kappa shape index (κ1) is 17.3. The average Bonchev–Trinajstić information content (AvgIpc) is 2.84. The third kappa shape index (κ3) is 3.31. The van der Waals surface area contributed by atoms with Crippen molar-refractivity contribution in [3.8, 4) is 0 Å². The minimum Gasteiger partial charge on any atom is -0.294 e. The van der Waals surface area contributed by atoms with Gasteiger partial charge in [-0.05, 0) is 36.5 Å². The van der Waals surface area contributed by atoms with Crippen LogP contribution in [0.3, 0.4) is 0 Å². The van der Waals surface area contributed by atoms with Crippen molar-refractivity contribution in [1.82, 2.24) is 22.3 Å². The first-order chi connectivity index (χ1) is 11.9. The normalized spacial score (nSPS) is 25.7. The number of fused-ring (bicyclic) bond motifs is 5. The first-order valence-electron chi connectivity index (χ1n) is 8.56. The number of hydrogen-bond donors (Lipinski definition) is 0. The lowest BCUT2D eigenvalue weighted by molar-refractivity contribution is 0.125. The molecule has 2 bridgehead atoms. The highest BCUT2D eigenvalue weighted by molar-refractivity contribution is 7.86. The maximum atomic E-state index is 12.6. The maximum absolute atomic E-state index is 12.6. The molecule has 7 nitrogen and oxygen atoms in total. The van der Waals surface area contributed by atoms with Crippen molar-refractivity contribution < 1.29 is 8.42 Å². The molecule has 2 atom stereocenters. The molecule has 3 aliphatic heterocycles. The smallest absolute Gasteiger partial charge is 0.281 e. The molecule has 0 saturated carbocycles. The van der Waals surface area contributed by atoms with Crippen molar-refractivity contribution in [2.75, 3.05) is 33.7 Å². The van der Waals surface area contributed by atoms with E-state index in [0.717, 1.165) is 37.0 Å². The number of nitrogens with zero attached hydrogens (tertiary/aromatic N) is 5. The summed E-state index contributed by atoms with van der Waals surface area (Å²) >= 11 is 1.24. The molecule has 0 aliphatic carbocycles. The van der Waals surface area contributed by atoms with Gasteiger partial charge in [-0.25, -0.2) is 0 Å². The lowest BCUT2D eigenvalue weighted by Gasteiger charge is -2.36. The van der Waals surface area contributed by atoms with Crippen molar-refractivity contribution in [2.45, 2.75) is 25.4 Å². The molecule has 25 heavy (non-hydrogen) atoms. The van der Waals surface area contributed by atoms with Crippen LogP contribution in [-0.2, 0) is 16.8 Å². The van der Waals surface area contributed by atoms with E-state index in [4.69, 9.17) is 0 Å². The SMILES string of the molecule is CN(C)S(=O)(=O)N1CC2CCC(C1)N(Cc1ccc3nsnc3c1)C2. The highest BCUT2D eigenvalue weighted by Crippen LogP contribution is 2.31. The van der Waals surface area contributed by atoms with Crippen molar-refractivity contribution in [2.24, 2.45) is 5.92 Å². The lowest BCUT2D eigenvalue weighted by atomic mass is 9.94. The molecule has 3 saturated heterocycles. The largest absolute Gasteiger partial charge is 0.294 e. The summed E-state index contributed by atoms with van der Waals surface area (Å²) in [5.74, 6) is 0.401. The van der Waals surface area contributed by atoms with E-state index in [0.29, 0.717) is 19.0 Å². The molecule has 2 aromatic rings. The van der Waals surface area contributed by atoms with Crippen LogP contribution in [0.25, 0.3) is 11.0 Å². The summed E-state index contributed by atoms with van der Waals surface area (Å²) < 4.78 is 36.7. The Labute approximate surface area is 152 Å². The highest BCUT2D eigenvalue weighted by Gasteiger charge is 2.39. The zero-order chi connectivity index (χ0) is 17.6. The third-order valence-corrected chi connectivity index (χ3v) is 7.72. The Morgan fingerprint density at radius 3 is 2.76 bits per heavy atom. The van der Waals surface area contributed by atoms with E-state index in [1.165, 1.54) is 21.6 Å². The first-order valence-corrected chi connectivity index (χ1v) is 10.7. The van der Waals surface area contributed by atoms with Gasteiger partial charge in [-0.2, -0.15) is 25.8 Å². The molecule has 1 aromatic heterocycles. The van der Waals surface area contributed by atoms with E-state index in [2.05, 4.69) is 25.8 Å². The topological polar surface area (TPSA) is 69.6 Å². The Morgan fingerprint density at radius 2 is 1.96 bits per heavy atom. The van der Waals surface area contributed by atoms with Gasteiger partial charge < -0.3 is 0 Å². The number of benzene rings is 1. The Morgan fingerprint density at radius 1 is 1.16 bits per heavy atom. The Bertz CT molecular complexity index is 866. The molecule has 0 radical (unpaired) electrons. The number of rotatable bonds is 4. The second-order valence-electron chi connectivity index (χ2n) is 7.22. The van der Waals surface area contributed by atoms with E-state index >= 15 is 0 Å². The van der Waals surface area contributed by atoms with Gasteiger partial charge in [-0.3, -0.25) is 4.90 Å². The van der Waals surface area contributed by atoms with Gasteiger partial charge in [0.2, 0.25) is 0 Å². The van der Waals surface area contributed by atoms with Gasteiger partial charge in [0.15, 0.2) is 0 Å². The number of hydrogen-bond acceptors (Lipinski definition) is 6. The van der Waals surface area contributed by atoms with Crippen LogP contribution in [0.5, 0.6) is 0 Å². The van der Waals surface area contributed by atoms with Gasteiger partial charge in [0.05, 0.1) is 11.7 Å². The van der Waals surface area contributed by atoms with Gasteiger partial charge in [0.25, 0.3) is 10.2 Å². The molecule has 2 unspecified atom stereocenters. The average molecular weight is 382 g/mol. The molecule has 4 heterocycles. The minimum absolute atomic E-state index is 0.276. The van der Waals surface area contributed by atoms with Crippen LogP contribution in [0.1, 0.15) is 18.4 Å². The van der Waals surface area contributed by atoms with E-state index in [9.17, 15) is 8.42 Å². The predicted molar refractivity (Wildman–Crippen MR) is 98.5 cm³/mol. The zero-order valence-electron chi connectivity index (χ0n) is 14.5. The van der Waals surface area contributed by atoms with Crippen molar-refractivity contribution >= 4 is 33.0 Å². The predicted octanol–water partition coefficient (Wildman–Crippen LogP) is 1.39. The second kappa shape index (κ2) is 6.55. The Balaban J connectivity index is 1.54. The molecule has 0 N–H and O–H groups in total. The number of aromatic nitrogens is 2. The zero-order valence-corrected chi connectivity index (χ0v) is 16.1. The second-order valence-corrected chi connectivity index (χ2v) is 9.89. The molecule has 9 heteroatoms. The summed E-state index contributed by atoms with van der Waals surface area (Å²) in [7, 11) is -0.127. The van der Waals surface area contributed by atoms with Gasteiger partial charge in [0.1, 0.15) is 11.0 Å². The monoisotopic (exact) mass is 381 g/mol. The summed E-state index contributed by atoms with van der Waals surface area (Å²) in [6.07, 6.45) is 2.17. The van der Waals surface area contributed by atoms with Crippen molar-refractivity contribution in [3.63, 3.8) is 0 Å². The number of piperidine rings is 1. The van der Waals surface area contributed by atoms with E-state index in [1.807, 2.05) is 6.07 Å². The maximum Gasteiger partial charge on any atom is 0.281 e. The van der Waals surface area contributed by atoms with Crippen LogP contribution >= 0.6 is 11.7 Å². The van der Waals surface area contributed by atoms with Gasteiger partial charge in [-0.15, -0.1) is 0 Å². The molecule has 3 fully saturated rings. The molecule has 0 spiro atoms. The molecule has 136 valence electrons. The summed E-state index contributed by atoms with van der Waals surface area (Å²) in [6, 6.07) is 6.51. The molecular formula is C16H23N5O2S2. The van der Waals surface area contributed by atoms with Crippen molar-refractivity contribution in [3.05, 3.63) is 23.8 Å². The lowest BCUT2D eigenvalue weighted by Crippen LogP contribution is -2.45. The van der Waals surface area contributed by atoms with Gasteiger partial charge in [-0.1, -0.05) is 6.07 Å². The van der Waals surface area contributed by atoms with Crippen LogP contribution in [0.2, 0.25) is 0 Å². The van der Waals surface area contributed by atoms with Crippen LogP contribution in [0.4, 0.5) is 0 Å². The van der Waals surface area contributed by atoms with Crippen molar-refractivity contribution in [1.29, 1.82) is 0 Å². The summed E-state index contributed by atoms with van der Waals surface area (Å²) in [6.45, 7) is 3.00. The standard InChI is InChI=1S/C16H23N5O2S2/c1-19(2)25(22,23)21-10-13-3-5-14(11-21)20(9-13)8-12-4-6-15-16(7-12)18-24-17-15/h4,6-7,13-14H,3,5,8-11H2,1-2H3. The fourth-order valence-corrected chi connectivity index (χ4v) is 5.65. The van der Waals surface area contributed by atoms with Gasteiger partial charge in [0, 0.05) is 46.3 Å². The Kier molecular flexibility index (Phi) is 4.53. The molecule has 5 rings (SSSR count). The molecule has 1 aromatic carbocycles. The molecular weight excluding hydrogens is 358 g/mol. The third-order valence-electron chi connectivity index (χ3n) is 5.29. The van der Waals surface area contributed by atoms with E-state index in [-0.39, 0.29) is 6.04 Å². The van der Waals surface area contributed by atoms with Gasteiger partial charge >= 0.3 is 0 Å². The molecule has 0 amide bonds.